The predicted molar refractivity (Wildman–Crippen MR) is 120 cm³/mol. The summed E-state index contributed by atoms with van der Waals surface area (Å²) in [5.74, 6) is 0.598. The molecule has 1 aliphatic heterocycles. The smallest absolute Gasteiger partial charge is 0.240 e. The van der Waals surface area contributed by atoms with Crippen molar-refractivity contribution in [1.82, 2.24) is 25.0 Å². The number of nitrogens with one attached hydrogen (secondary N) is 1. The Bertz CT molecular complexity index is 1080. The minimum absolute atomic E-state index is 0.0109. The summed E-state index contributed by atoms with van der Waals surface area (Å²) in [6, 6.07) is 18.0. The molecule has 8 heteroatoms. The monoisotopic (exact) mass is 435 g/mol. The first kappa shape index (κ1) is 21.1. The number of rotatable bonds is 7. The maximum atomic E-state index is 12.6. The summed E-state index contributed by atoms with van der Waals surface area (Å²) in [5.41, 5.74) is 3.22. The maximum absolute atomic E-state index is 12.6. The highest BCUT2D eigenvalue weighted by Crippen LogP contribution is 2.27. The number of aromatic nitrogens is 3. The van der Waals surface area contributed by atoms with Crippen molar-refractivity contribution in [3.63, 3.8) is 0 Å². The van der Waals surface area contributed by atoms with E-state index in [0.717, 1.165) is 22.0 Å². The minimum Gasteiger partial charge on any atom is -0.347 e. The molecule has 1 N–H and O–H groups in total. The molecule has 160 valence electrons. The van der Waals surface area contributed by atoms with Crippen molar-refractivity contribution >= 4 is 23.6 Å². The van der Waals surface area contributed by atoms with E-state index in [1.165, 1.54) is 11.8 Å². The van der Waals surface area contributed by atoms with Gasteiger partial charge in [-0.05, 0) is 30.4 Å². The third kappa shape index (κ3) is 4.64. The van der Waals surface area contributed by atoms with Crippen LogP contribution in [0.4, 0.5) is 0 Å². The molecule has 2 amide bonds. The Kier molecular flexibility index (Phi) is 6.36. The number of para-hydroxylation sites is 1. The van der Waals surface area contributed by atoms with Crippen molar-refractivity contribution in [1.29, 1.82) is 0 Å². The summed E-state index contributed by atoms with van der Waals surface area (Å²) >= 11 is 1.50. The van der Waals surface area contributed by atoms with E-state index < -0.39 is 0 Å². The minimum atomic E-state index is -0.202. The van der Waals surface area contributed by atoms with Crippen LogP contribution in [0.3, 0.4) is 0 Å². The van der Waals surface area contributed by atoms with Gasteiger partial charge in [0.2, 0.25) is 11.8 Å². The summed E-state index contributed by atoms with van der Waals surface area (Å²) in [4.78, 5) is 26.6. The van der Waals surface area contributed by atoms with Crippen LogP contribution in [0.25, 0.3) is 5.69 Å². The number of benzene rings is 2. The Labute approximate surface area is 185 Å². The molecule has 2 aromatic carbocycles. The molecule has 1 fully saturated rings. The molecule has 0 radical (unpaired) electrons. The van der Waals surface area contributed by atoms with Crippen LogP contribution in [0.2, 0.25) is 0 Å². The zero-order chi connectivity index (χ0) is 21.8. The van der Waals surface area contributed by atoms with Crippen LogP contribution >= 0.6 is 11.8 Å². The van der Waals surface area contributed by atoms with E-state index >= 15 is 0 Å². The predicted octanol–water partition coefficient (Wildman–Crippen LogP) is 2.93. The number of thioether (sulfide) groups is 1. The highest BCUT2D eigenvalue weighted by Gasteiger charge is 2.31. The van der Waals surface area contributed by atoms with Crippen LogP contribution in [-0.2, 0) is 16.1 Å². The van der Waals surface area contributed by atoms with Crippen molar-refractivity contribution in [3.8, 4) is 5.69 Å². The molecule has 0 spiro atoms. The first-order valence-corrected chi connectivity index (χ1v) is 11.4. The molecule has 1 atom stereocenters. The number of hydrogen-bond acceptors (Lipinski definition) is 5. The Morgan fingerprint density at radius 3 is 2.61 bits per heavy atom. The summed E-state index contributed by atoms with van der Waals surface area (Å²) in [6.45, 7) is 2.89. The van der Waals surface area contributed by atoms with E-state index in [-0.39, 0.29) is 30.8 Å². The van der Waals surface area contributed by atoms with Gasteiger partial charge in [-0.15, -0.1) is 10.2 Å². The Balaban J connectivity index is 1.40. The van der Waals surface area contributed by atoms with E-state index in [1.54, 1.807) is 4.90 Å². The van der Waals surface area contributed by atoms with Gasteiger partial charge in [0, 0.05) is 18.9 Å². The summed E-state index contributed by atoms with van der Waals surface area (Å²) in [7, 11) is 0. The van der Waals surface area contributed by atoms with Crippen molar-refractivity contribution in [2.45, 2.75) is 31.0 Å². The molecule has 1 saturated heterocycles. The van der Waals surface area contributed by atoms with Crippen LogP contribution in [0.15, 0.2) is 59.8 Å². The lowest BCUT2D eigenvalue weighted by Gasteiger charge is -2.17. The van der Waals surface area contributed by atoms with Crippen LogP contribution in [0.5, 0.6) is 0 Å². The number of carbonyl (C=O) groups is 2. The average molecular weight is 436 g/mol. The fraction of sp³-hybridized carbons (Fsp3) is 0.304. The quantitative estimate of drug-likeness (QED) is 0.577. The second-order valence-corrected chi connectivity index (χ2v) is 8.36. The number of likely N-dealkylation sites (tertiary alicyclic amines) is 1. The van der Waals surface area contributed by atoms with Crippen molar-refractivity contribution in [2.75, 3.05) is 19.3 Å². The molecule has 2 heterocycles. The Morgan fingerprint density at radius 1 is 1.13 bits per heavy atom. The molecule has 7 nitrogen and oxygen atoms in total. The van der Waals surface area contributed by atoms with Crippen LogP contribution in [0, 0.1) is 6.92 Å². The number of nitrogens with zero attached hydrogens (tertiary/aromatic N) is 4. The van der Waals surface area contributed by atoms with Gasteiger partial charge in [-0.25, -0.2) is 0 Å². The molecule has 0 unspecified atom stereocenters. The molecule has 0 bridgehead atoms. The first-order chi connectivity index (χ1) is 15.1. The molecule has 3 aromatic rings. The fourth-order valence-corrected chi connectivity index (χ4v) is 4.39. The van der Waals surface area contributed by atoms with Crippen molar-refractivity contribution < 1.29 is 9.59 Å². The molecule has 0 aliphatic carbocycles. The SMILES string of the molecule is CSc1nnc(CNC(=O)CN2C[C@H](c3ccccc3)CC2=O)n1-c1ccccc1C. The van der Waals surface area contributed by atoms with Gasteiger partial charge in [0.1, 0.15) is 0 Å². The number of hydrogen-bond donors (Lipinski definition) is 1. The lowest BCUT2D eigenvalue weighted by molar-refractivity contribution is -0.133. The topological polar surface area (TPSA) is 80.1 Å². The standard InChI is InChI=1S/C23H25N5O2S/c1-16-8-6-7-11-19(16)28-20(25-26-23(28)31-2)13-24-21(29)15-27-14-18(12-22(27)30)17-9-4-3-5-10-17/h3-11,18H,12-15H2,1-2H3,(H,24,29)/t18-/m1/s1. The highest BCUT2D eigenvalue weighted by atomic mass is 32.2. The van der Waals surface area contributed by atoms with E-state index in [1.807, 2.05) is 72.3 Å². The summed E-state index contributed by atoms with van der Waals surface area (Å²) in [5, 5.41) is 12.2. The molecule has 1 aliphatic rings. The van der Waals surface area contributed by atoms with Gasteiger partial charge in [0.05, 0.1) is 18.8 Å². The van der Waals surface area contributed by atoms with Gasteiger partial charge in [-0.1, -0.05) is 60.3 Å². The van der Waals surface area contributed by atoms with Gasteiger partial charge in [-0.3, -0.25) is 14.2 Å². The van der Waals surface area contributed by atoms with Gasteiger partial charge in [0.15, 0.2) is 11.0 Å². The van der Waals surface area contributed by atoms with Gasteiger partial charge in [-0.2, -0.15) is 0 Å². The number of amides is 2. The van der Waals surface area contributed by atoms with E-state index in [9.17, 15) is 9.59 Å². The molecule has 4 rings (SSSR count). The Hall–Kier alpha value is -3.13. The highest BCUT2D eigenvalue weighted by molar-refractivity contribution is 7.98. The van der Waals surface area contributed by atoms with Crippen LogP contribution in [0.1, 0.15) is 29.3 Å². The average Bonchev–Trinajstić information content (AvgIpc) is 3.36. The third-order valence-corrected chi connectivity index (χ3v) is 6.13. The first-order valence-electron chi connectivity index (χ1n) is 10.2. The lowest BCUT2D eigenvalue weighted by Crippen LogP contribution is -2.38. The molecule has 31 heavy (non-hydrogen) atoms. The second kappa shape index (κ2) is 9.34. The number of carbonyl (C=O) groups excluding carboxylic acids is 2. The molecule has 1 aromatic heterocycles. The van der Waals surface area contributed by atoms with Gasteiger partial charge < -0.3 is 10.2 Å². The largest absolute Gasteiger partial charge is 0.347 e. The Morgan fingerprint density at radius 2 is 1.87 bits per heavy atom. The fourth-order valence-electron chi connectivity index (χ4n) is 3.88. The zero-order valence-corrected chi connectivity index (χ0v) is 18.4. The summed E-state index contributed by atoms with van der Waals surface area (Å²) < 4.78 is 1.97. The van der Waals surface area contributed by atoms with E-state index in [2.05, 4.69) is 15.5 Å². The van der Waals surface area contributed by atoms with Gasteiger partial charge in [0.25, 0.3) is 0 Å². The van der Waals surface area contributed by atoms with Crippen LogP contribution in [-0.4, -0.2) is 50.8 Å². The van der Waals surface area contributed by atoms with E-state index in [4.69, 9.17) is 0 Å². The summed E-state index contributed by atoms with van der Waals surface area (Å²) in [6.07, 6.45) is 2.39. The zero-order valence-electron chi connectivity index (χ0n) is 17.6. The third-order valence-electron chi connectivity index (χ3n) is 5.50. The second-order valence-electron chi connectivity index (χ2n) is 7.59. The lowest BCUT2D eigenvalue weighted by atomic mass is 9.99. The van der Waals surface area contributed by atoms with E-state index in [0.29, 0.717) is 18.8 Å². The molecular formula is C23H25N5O2S. The number of aryl methyl sites for hydroxylation is 1. The maximum Gasteiger partial charge on any atom is 0.240 e. The molecule has 0 saturated carbocycles. The van der Waals surface area contributed by atoms with Crippen molar-refractivity contribution in [3.05, 3.63) is 71.5 Å². The van der Waals surface area contributed by atoms with Crippen LogP contribution < -0.4 is 5.32 Å². The van der Waals surface area contributed by atoms with Gasteiger partial charge >= 0.3 is 0 Å². The van der Waals surface area contributed by atoms with Crippen molar-refractivity contribution in [2.24, 2.45) is 0 Å². The molecular weight excluding hydrogens is 410 g/mol. The normalized spacial score (nSPS) is 16.0.